The van der Waals surface area contributed by atoms with Crippen LogP contribution in [0.25, 0.3) is 0 Å². The molecule has 28 heavy (non-hydrogen) atoms. The number of hydrogen-bond donors (Lipinski definition) is 1. The van der Waals surface area contributed by atoms with Gasteiger partial charge in [0, 0.05) is 13.1 Å². The molecule has 0 radical (unpaired) electrons. The Hall–Kier alpha value is -3.26. The average molecular weight is 380 g/mol. The fourth-order valence-corrected chi connectivity index (χ4v) is 3.36. The van der Waals surface area contributed by atoms with Gasteiger partial charge in [-0.15, -0.1) is 0 Å². The Kier molecular flexibility index (Phi) is 4.79. The second-order valence-electron chi connectivity index (χ2n) is 6.70. The first-order valence-electron chi connectivity index (χ1n) is 9.13. The molecule has 3 amide bonds. The van der Waals surface area contributed by atoms with E-state index in [1.165, 1.54) is 6.92 Å². The average Bonchev–Trinajstić information content (AvgIpc) is 2.99. The van der Waals surface area contributed by atoms with Gasteiger partial charge in [-0.3, -0.25) is 19.3 Å². The third kappa shape index (κ3) is 3.22. The Morgan fingerprint density at radius 2 is 1.71 bits per heavy atom. The third-order valence-corrected chi connectivity index (χ3v) is 4.94. The summed E-state index contributed by atoms with van der Waals surface area (Å²) < 4.78 is 5.33. The zero-order chi connectivity index (χ0) is 19.7. The van der Waals surface area contributed by atoms with Crippen LogP contribution >= 0.6 is 0 Å². The second-order valence-corrected chi connectivity index (χ2v) is 6.70. The molecule has 144 valence electrons. The number of rotatable bonds is 4. The topological polar surface area (TPSA) is 91.8 Å². The minimum atomic E-state index is -0.939. The number of anilines is 2. The first-order chi connectivity index (χ1) is 13.6. The number of ether oxygens (including phenoxy) is 1. The third-order valence-electron chi connectivity index (χ3n) is 4.94. The fourth-order valence-electron chi connectivity index (χ4n) is 3.36. The number of nitrogens with zero attached hydrogens (tertiary/aromatic N) is 3. The van der Waals surface area contributed by atoms with Gasteiger partial charge >= 0.3 is 0 Å². The molecule has 3 heterocycles. The van der Waals surface area contributed by atoms with Crippen LogP contribution < -0.4 is 10.2 Å². The monoisotopic (exact) mass is 380 g/mol. The Morgan fingerprint density at radius 3 is 2.29 bits per heavy atom. The fraction of sp³-hybridized carbons (Fsp3) is 0.300. The molecular formula is C20H20N4O4. The molecule has 1 atom stereocenters. The molecule has 0 aliphatic carbocycles. The molecule has 8 heteroatoms. The van der Waals surface area contributed by atoms with E-state index in [4.69, 9.17) is 4.74 Å². The van der Waals surface area contributed by atoms with E-state index in [1.807, 2.05) is 6.07 Å². The summed E-state index contributed by atoms with van der Waals surface area (Å²) in [7, 11) is 0. The lowest BCUT2D eigenvalue weighted by atomic mass is 10.1. The molecule has 1 saturated heterocycles. The van der Waals surface area contributed by atoms with E-state index in [0.717, 1.165) is 23.8 Å². The maximum atomic E-state index is 12.6. The standard InChI is InChI=1S/C20H20N4O4/c1-13(24-19(26)15-4-2-3-5-16(15)20(24)27)18(25)22-14-6-7-17(21-12-14)23-8-10-28-11-9-23/h2-7,12-13H,8-11H2,1H3,(H,22,25). The molecule has 4 rings (SSSR count). The lowest BCUT2D eigenvalue weighted by Crippen LogP contribution is -2.45. The second kappa shape index (κ2) is 7.40. The van der Waals surface area contributed by atoms with Gasteiger partial charge in [-0.05, 0) is 31.2 Å². The van der Waals surface area contributed by atoms with E-state index < -0.39 is 23.8 Å². The van der Waals surface area contributed by atoms with Crippen molar-refractivity contribution in [2.24, 2.45) is 0 Å². The first-order valence-corrected chi connectivity index (χ1v) is 9.13. The van der Waals surface area contributed by atoms with Crippen LogP contribution in [0.3, 0.4) is 0 Å². The van der Waals surface area contributed by atoms with Crippen LogP contribution in [0.15, 0.2) is 42.6 Å². The highest BCUT2D eigenvalue weighted by Gasteiger charge is 2.40. The number of hydrogen-bond acceptors (Lipinski definition) is 6. The van der Waals surface area contributed by atoms with E-state index >= 15 is 0 Å². The van der Waals surface area contributed by atoms with Crippen LogP contribution in [0.1, 0.15) is 27.6 Å². The Balaban J connectivity index is 1.44. The SMILES string of the molecule is CC(C(=O)Nc1ccc(N2CCOCC2)nc1)N1C(=O)c2ccccc2C1=O. The van der Waals surface area contributed by atoms with Crippen LogP contribution in [-0.2, 0) is 9.53 Å². The van der Waals surface area contributed by atoms with Crippen molar-refractivity contribution in [3.8, 4) is 0 Å². The van der Waals surface area contributed by atoms with E-state index in [9.17, 15) is 14.4 Å². The molecule has 1 aromatic heterocycles. The Bertz CT molecular complexity index is 887. The van der Waals surface area contributed by atoms with Gasteiger partial charge in [-0.2, -0.15) is 0 Å². The van der Waals surface area contributed by atoms with Crippen molar-refractivity contribution in [2.45, 2.75) is 13.0 Å². The van der Waals surface area contributed by atoms with Crippen LogP contribution in [0.2, 0.25) is 0 Å². The van der Waals surface area contributed by atoms with Crippen molar-refractivity contribution in [3.05, 3.63) is 53.7 Å². The quantitative estimate of drug-likeness (QED) is 0.809. The molecular weight excluding hydrogens is 360 g/mol. The number of imide groups is 1. The first kappa shape index (κ1) is 18.1. The zero-order valence-corrected chi connectivity index (χ0v) is 15.4. The number of carbonyl (C=O) groups excluding carboxylic acids is 3. The van der Waals surface area contributed by atoms with Gasteiger partial charge in [-0.25, -0.2) is 4.98 Å². The molecule has 2 aliphatic heterocycles. The lowest BCUT2D eigenvalue weighted by molar-refractivity contribution is -0.119. The van der Waals surface area contributed by atoms with Crippen LogP contribution in [-0.4, -0.2) is 60.0 Å². The highest BCUT2D eigenvalue weighted by molar-refractivity contribution is 6.23. The maximum absolute atomic E-state index is 12.6. The molecule has 1 fully saturated rings. The van der Waals surface area contributed by atoms with Crippen molar-refractivity contribution in [1.29, 1.82) is 0 Å². The zero-order valence-electron chi connectivity index (χ0n) is 15.4. The molecule has 0 spiro atoms. The largest absolute Gasteiger partial charge is 0.378 e. The van der Waals surface area contributed by atoms with Crippen LogP contribution in [0.4, 0.5) is 11.5 Å². The molecule has 1 N–H and O–H groups in total. The van der Waals surface area contributed by atoms with Crippen molar-refractivity contribution in [3.63, 3.8) is 0 Å². The molecule has 0 bridgehead atoms. The van der Waals surface area contributed by atoms with Gasteiger partial charge in [0.2, 0.25) is 5.91 Å². The van der Waals surface area contributed by atoms with Crippen molar-refractivity contribution in [1.82, 2.24) is 9.88 Å². The molecule has 0 saturated carbocycles. The van der Waals surface area contributed by atoms with E-state index in [0.29, 0.717) is 30.0 Å². The number of fused-ring (bicyclic) bond motifs is 1. The predicted molar refractivity (Wildman–Crippen MR) is 102 cm³/mol. The highest BCUT2D eigenvalue weighted by atomic mass is 16.5. The minimum absolute atomic E-state index is 0.323. The summed E-state index contributed by atoms with van der Waals surface area (Å²) in [6.07, 6.45) is 1.57. The van der Waals surface area contributed by atoms with E-state index in [1.54, 1.807) is 36.5 Å². The number of nitrogens with one attached hydrogen (secondary N) is 1. The van der Waals surface area contributed by atoms with Crippen LogP contribution in [0, 0.1) is 0 Å². The number of amides is 3. The molecule has 2 aromatic rings. The number of pyridine rings is 1. The molecule has 8 nitrogen and oxygen atoms in total. The van der Waals surface area contributed by atoms with Gasteiger partial charge in [0.1, 0.15) is 11.9 Å². The van der Waals surface area contributed by atoms with E-state index in [-0.39, 0.29) is 0 Å². The summed E-state index contributed by atoms with van der Waals surface area (Å²) in [6, 6.07) is 9.22. The summed E-state index contributed by atoms with van der Waals surface area (Å²) >= 11 is 0. The lowest BCUT2D eigenvalue weighted by Gasteiger charge is -2.27. The Labute approximate surface area is 162 Å². The number of carbonyl (C=O) groups is 3. The molecule has 2 aliphatic rings. The number of morpholine rings is 1. The summed E-state index contributed by atoms with van der Waals surface area (Å²) in [5.41, 5.74) is 1.15. The van der Waals surface area contributed by atoms with Gasteiger partial charge in [0.15, 0.2) is 0 Å². The van der Waals surface area contributed by atoms with Crippen molar-refractivity contribution < 1.29 is 19.1 Å². The normalized spacial score (nSPS) is 17.5. The number of aromatic nitrogens is 1. The minimum Gasteiger partial charge on any atom is -0.378 e. The summed E-state index contributed by atoms with van der Waals surface area (Å²) in [6.45, 7) is 4.41. The summed E-state index contributed by atoms with van der Waals surface area (Å²) in [4.78, 5) is 45.1. The Morgan fingerprint density at radius 1 is 1.07 bits per heavy atom. The summed E-state index contributed by atoms with van der Waals surface area (Å²) in [5.74, 6) is -0.543. The van der Waals surface area contributed by atoms with Crippen LogP contribution in [0.5, 0.6) is 0 Å². The highest BCUT2D eigenvalue weighted by Crippen LogP contribution is 2.25. The molecule has 1 unspecified atom stereocenters. The number of benzene rings is 1. The van der Waals surface area contributed by atoms with Gasteiger partial charge in [0.05, 0.1) is 36.2 Å². The smallest absolute Gasteiger partial charge is 0.262 e. The van der Waals surface area contributed by atoms with Crippen molar-refractivity contribution in [2.75, 3.05) is 36.5 Å². The van der Waals surface area contributed by atoms with E-state index in [2.05, 4.69) is 15.2 Å². The summed E-state index contributed by atoms with van der Waals surface area (Å²) in [5, 5.41) is 2.73. The van der Waals surface area contributed by atoms with Gasteiger partial charge < -0.3 is 15.0 Å². The van der Waals surface area contributed by atoms with Crippen molar-refractivity contribution >= 4 is 29.2 Å². The molecule has 1 aromatic carbocycles. The predicted octanol–water partition coefficient (Wildman–Crippen LogP) is 1.54. The van der Waals surface area contributed by atoms with Gasteiger partial charge in [-0.1, -0.05) is 12.1 Å². The maximum Gasteiger partial charge on any atom is 0.262 e. The van der Waals surface area contributed by atoms with Gasteiger partial charge in [0.25, 0.3) is 11.8 Å².